The van der Waals surface area contributed by atoms with E-state index in [0.717, 1.165) is 5.56 Å². The zero-order chi connectivity index (χ0) is 11.7. The highest BCUT2D eigenvalue weighted by molar-refractivity contribution is 7.90. The zero-order valence-electron chi connectivity index (χ0n) is 8.90. The number of primary sulfonamides is 1. The Bertz CT molecular complexity index is 452. The summed E-state index contributed by atoms with van der Waals surface area (Å²) in [6.07, 6.45) is 0.358. The Morgan fingerprint density at radius 1 is 1.33 bits per heavy atom. The second-order valence-electron chi connectivity index (χ2n) is 4.23. The van der Waals surface area contributed by atoms with Crippen LogP contribution in [0.25, 0.3) is 0 Å². The lowest BCUT2D eigenvalue weighted by Crippen LogP contribution is -2.39. The summed E-state index contributed by atoms with van der Waals surface area (Å²) in [6.45, 7) is 3.21. The van der Waals surface area contributed by atoms with Gasteiger partial charge in [-0.1, -0.05) is 12.1 Å². The highest BCUT2D eigenvalue weighted by Crippen LogP contribution is 2.20. The standard InChI is InChI=1S/C10H16N2O2S/c1-10(2,15(12,13)14)7-8-4-3-5-9(11)6-8/h3-6H,7,11H2,1-2H3,(H2,12,13,14). The molecule has 0 aromatic heterocycles. The molecule has 0 saturated heterocycles. The smallest absolute Gasteiger partial charge is 0.214 e. The molecule has 0 amide bonds. The normalized spacial score (nSPS) is 12.7. The van der Waals surface area contributed by atoms with Crippen LogP contribution in [0.1, 0.15) is 19.4 Å². The van der Waals surface area contributed by atoms with Crippen LogP contribution >= 0.6 is 0 Å². The first-order chi connectivity index (χ1) is 6.72. The van der Waals surface area contributed by atoms with Crippen LogP contribution in [0.4, 0.5) is 5.69 Å². The fourth-order valence-corrected chi connectivity index (χ4v) is 1.66. The molecule has 0 aliphatic heterocycles. The molecule has 1 rings (SSSR count). The van der Waals surface area contributed by atoms with Gasteiger partial charge in [0, 0.05) is 5.69 Å². The molecule has 1 aromatic carbocycles. The van der Waals surface area contributed by atoms with Crippen molar-refractivity contribution in [2.24, 2.45) is 5.14 Å². The van der Waals surface area contributed by atoms with Crippen LogP contribution in [0.3, 0.4) is 0 Å². The summed E-state index contributed by atoms with van der Waals surface area (Å²) < 4.78 is 21.6. The maximum Gasteiger partial charge on any atom is 0.214 e. The molecule has 0 spiro atoms. The molecule has 0 aliphatic rings. The Labute approximate surface area is 90.3 Å². The number of hydrogen-bond donors (Lipinski definition) is 2. The molecule has 1 aromatic rings. The molecule has 0 bridgehead atoms. The van der Waals surface area contributed by atoms with Crippen LogP contribution in [0, 0.1) is 0 Å². The Kier molecular flexibility index (Phi) is 3.06. The fourth-order valence-electron chi connectivity index (χ4n) is 1.30. The van der Waals surface area contributed by atoms with Crippen LogP contribution in [0.2, 0.25) is 0 Å². The van der Waals surface area contributed by atoms with E-state index in [1.54, 1.807) is 32.0 Å². The summed E-state index contributed by atoms with van der Waals surface area (Å²) in [5, 5.41) is 5.14. The van der Waals surface area contributed by atoms with Gasteiger partial charge in [0.25, 0.3) is 0 Å². The van der Waals surface area contributed by atoms with E-state index in [1.165, 1.54) is 0 Å². The first-order valence-electron chi connectivity index (χ1n) is 4.59. The van der Waals surface area contributed by atoms with E-state index in [1.807, 2.05) is 6.07 Å². The summed E-state index contributed by atoms with van der Waals surface area (Å²) in [7, 11) is -3.55. The Morgan fingerprint density at radius 3 is 2.40 bits per heavy atom. The van der Waals surface area contributed by atoms with Gasteiger partial charge in [0.05, 0.1) is 4.75 Å². The van der Waals surface area contributed by atoms with E-state index in [4.69, 9.17) is 10.9 Å². The molecular weight excluding hydrogens is 212 g/mol. The number of nitrogen functional groups attached to an aromatic ring is 1. The second kappa shape index (κ2) is 3.83. The van der Waals surface area contributed by atoms with Crippen molar-refractivity contribution < 1.29 is 8.42 Å². The number of anilines is 1. The highest BCUT2D eigenvalue weighted by Gasteiger charge is 2.31. The Morgan fingerprint density at radius 2 is 1.93 bits per heavy atom. The summed E-state index contributed by atoms with van der Waals surface area (Å²) in [5.41, 5.74) is 7.10. The molecule has 84 valence electrons. The minimum atomic E-state index is -3.55. The summed E-state index contributed by atoms with van der Waals surface area (Å²) in [4.78, 5) is 0. The minimum absolute atomic E-state index is 0.358. The van der Waals surface area contributed by atoms with Crippen LogP contribution in [0.5, 0.6) is 0 Å². The van der Waals surface area contributed by atoms with Crippen molar-refractivity contribution in [2.75, 3.05) is 5.73 Å². The van der Waals surface area contributed by atoms with Gasteiger partial charge in [-0.25, -0.2) is 13.6 Å². The van der Waals surface area contributed by atoms with Gasteiger partial charge in [-0.2, -0.15) is 0 Å². The third kappa shape index (κ3) is 2.94. The lowest BCUT2D eigenvalue weighted by molar-refractivity contribution is 0.545. The molecule has 5 heteroatoms. The van der Waals surface area contributed by atoms with Crippen LogP contribution in [-0.4, -0.2) is 13.2 Å². The summed E-state index contributed by atoms with van der Waals surface area (Å²) >= 11 is 0. The van der Waals surface area contributed by atoms with Crippen LogP contribution in [-0.2, 0) is 16.4 Å². The summed E-state index contributed by atoms with van der Waals surface area (Å²) in [5.74, 6) is 0. The number of rotatable bonds is 3. The topological polar surface area (TPSA) is 86.2 Å². The SMILES string of the molecule is CC(C)(Cc1cccc(N)c1)S(N)(=O)=O. The van der Waals surface area contributed by atoms with Crippen molar-refractivity contribution in [1.29, 1.82) is 0 Å². The summed E-state index contributed by atoms with van der Waals surface area (Å²) in [6, 6.07) is 7.15. The van der Waals surface area contributed by atoms with Crippen molar-refractivity contribution in [3.05, 3.63) is 29.8 Å². The fraction of sp³-hybridized carbons (Fsp3) is 0.400. The third-order valence-corrected chi connectivity index (χ3v) is 4.04. The molecule has 0 atom stereocenters. The number of hydrogen-bond acceptors (Lipinski definition) is 3. The van der Waals surface area contributed by atoms with Crippen molar-refractivity contribution in [1.82, 2.24) is 0 Å². The average molecular weight is 228 g/mol. The molecule has 0 unspecified atom stereocenters. The van der Waals surface area contributed by atoms with Gasteiger partial charge in [-0.15, -0.1) is 0 Å². The van der Waals surface area contributed by atoms with E-state index < -0.39 is 14.8 Å². The molecule has 15 heavy (non-hydrogen) atoms. The van der Waals surface area contributed by atoms with Crippen LogP contribution in [0.15, 0.2) is 24.3 Å². The van der Waals surface area contributed by atoms with Crippen molar-refractivity contribution in [2.45, 2.75) is 25.0 Å². The molecule has 0 saturated carbocycles. The average Bonchev–Trinajstić information content (AvgIpc) is 2.00. The van der Waals surface area contributed by atoms with Crippen LogP contribution < -0.4 is 10.9 Å². The monoisotopic (exact) mass is 228 g/mol. The largest absolute Gasteiger partial charge is 0.399 e. The molecule has 4 N–H and O–H groups in total. The lowest BCUT2D eigenvalue weighted by Gasteiger charge is -2.21. The van der Waals surface area contributed by atoms with Gasteiger partial charge in [0.15, 0.2) is 0 Å². The Hall–Kier alpha value is -1.07. The molecule has 0 aliphatic carbocycles. The third-order valence-electron chi connectivity index (χ3n) is 2.35. The van der Waals surface area contributed by atoms with E-state index in [-0.39, 0.29) is 0 Å². The first kappa shape index (κ1) is 12.0. The zero-order valence-corrected chi connectivity index (χ0v) is 9.71. The number of nitrogens with two attached hydrogens (primary N) is 2. The van der Waals surface area contributed by atoms with Gasteiger partial charge in [0.2, 0.25) is 10.0 Å². The maximum atomic E-state index is 11.3. The molecule has 0 fully saturated rings. The molecule has 0 radical (unpaired) electrons. The van der Waals surface area contributed by atoms with Crippen molar-refractivity contribution >= 4 is 15.7 Å². The van der Waals surface area contributed by atoms with Gasteiger partial charge >= 0.3 is 0 Å². The molecular formula is C10H16N2O2S. The predicted octanol–water partition coefficient (Wildman–Crippen LogP) is 0.878. The molecule has 4 nitrogen and oxygen atoms in total. The van der Waals surface area contributed by atoms with Gasteiger partial charge < -0.3 is 5.73 Å². The highest BCUT2D eigenvalue weighted by atomic mass is 32.2. The van der Waals surface area contributed by atoms with Gasteiger partial charge in [-0.05, 0) is 38.0 Å². The van der Waals surface area contributed by atoms with Crippen molar-refractivity contribution in [3.8, 4) is 0 Å². The predicted molar refractivity (Wildman–Crippen MR) is 61.7 cm³/mol. The Balaban J connectivity index is 2.97. The van der Waals surface area contributed by atoms with E-state index in [9.17, 15) is 8.42 Å². The maximum absolute atomic E-state index is 11.3. The first-order valence-corrected chi connectivity index (χ1v) is 6.14. The molecule has 0 heterocycles. The quantitative estimate of drug-likeness (QED) is 0.753. The van der Waals surface area contributed by atoms with Gasteiger partial charge in [0.1, 0.15) is 0 Å². The van der Waals surface area contributed by atoms with Crippen molar-refractivity contribution in [3.63, 3.8) is 0 Å². The van der Waals surface area contributed by atoms with Gasteiger partial charge in [-0.3, -0.25) is 0 Å². The number of benzene rings is 1. The lowest BCUT2D eigenvalue weighted by atomic mass is 10.0. The minimum Gasteiger partial charge on any atom is -0.399 e. The number of sulfonamides is 1. The van der Waals surface area contributed by atoms with E-state index >= 15 is 0 Å². The second-order valence-corrected chi connectivity index (χ2v) is 6.42. The van der Waals surface area contributed by atoms with E-state index in [0.29, 0.717) is 12.1 Å². The van der Waals surface area contributed by atoms with E-state index in [2.05, 4.69) is 0 Å².